The first kappa shape index (κ1) is 14.8. The largest absolute Gasteiger partial charge is 0.381 e. The van der Waals surface area contributed by atoms with E-state index in [0.717, 1.165) is 39.2 Å². The number of ether oxygens (including phenoxy) is 2. The second kappa shape index (κ2) is 6.30. The van der Waals surface area contributed by atoms with Crippen molar-refractivity contribution >= 4 is 0 Å². The van der Waals surface area contributed by atoms with Crippen molar-refractivity contribution in [3.05, 3.63) is 0 Å². The topological polar surface area (TPSA) is 47.7 Å². The van der Waals surface area contributed by atoms with Crippen LogP contribution in [0.2, 0.25) is 0 Å². The highest BCUT2D eigenvalue weighted by atomic mass is 16.5. The van der Waals surface area contributed by atoms with E-state index >= 15 is 0 Å². The van der Waals surface area contributed by atoms with E-state index in [1.54, 1.807) is 0 Å². The van der Waals surface area contributed by atoms with Gasteiger partial charge in [-0.25, -0.2) is 0 Å². The molecule has 3 rings (SSSR count). The molecule has 116 valence electrons. The molecule has 3 unspecified atom stereocenters. The van der Waals surface area contributed by atoms with Crippen molar-refractivity contribution in [3.8, 4) is 0 Å². The van der Waals surface area contributed by atoms with Gasteiger partial charge in [-0.1, -0.05) is 6.42 Å². The summed E-state index contributed by atoms with van der Waals surface area (Å²) in [6, 6.07) is 1.36. The highest BCUT2D eigenvalue weighted by Crippen LogP contribution is 2.38. The van der Waals surface area contributed by atoms with Crippen molar-refractivity contribution in [2.45, 2.75) is 62.6 Å². The molecule has 1 aliphatic carbocycles. The van der Waals surface area contributed by atoms with Crippen LogP contribution in [0, 0.1) is 5.92 Å². The Kier molecular flexibility index (Phi) is 4.65. The summed E-state index contributed by atoms with van der Waals surface area (Å²) in [7, 11) is 2.32. The molecule has 0 amide bonds. The van der Waals surface area contributed by atoms with E-state index in [1.165, 1.54) is 32.1 Å². The zero-order chi connectivity index (χ0) is 14.0. The van der Waals surface area contributed by atoms with E-state index in [9.17, 15) is 0 Å². The number of nitrogens with two attached hydrogens (primary N) is 1. The monoisotopic (exact) mass is 282 g/mol. The maximum Gasteiger partial charge on any atom is 0.0741 e. The summed E-state index contributed by atoms with van der Waals surface area (Å²) in [6.45, 7) is 3.49. The molecule has 0 bridgehead atoms. The molecule has 4 heteroatoms. The Hall–Kier alpha value is -0.160. The Labute approximate surface area is 123 Å². The van der Waals surface area contributed by atoms with Crippen molar-refractivity contribution in [1.82, 2.24) is 4.90 Å². The Bertz CT molecular complexity index is 312. The molecule has 2 heterocycles. The molecule has 1 spiro atoms. The third kappa shape index (κ3) is 2.89. The van der Waals surface area contributed by atoms with Gasteiger partial charge in [0, 0.05) is 31.9 Å². The van der Waals surface area contributed by atoms with Gasteiger partial charge in [-0.05, 0) is 58.0 Å². The average molecular weight is 282 g/mol. The minimum Gasteiger partial charge on any atom is -0.381 e. The van der Waals surface area contributed by atoms with Crippen LogP contribution in [0.3, 0.4) is 0 Å². The van der Waals surface area contributed by atoms with E-state index in [-0.39, 0.29) is 5.60 Å². The smallest absolute Gasteiger partial charge is 0.0741 e. The van der Waals surface area contributed by atoms with Crippen LogP contribution in [0.25, 0.3) is 0 Å². The first-order chi connectivity index (χ1) is 9.74. The van der Waals surface area contributed by atoms with E-state index in [2.05, 4.69) is 11.9 Å². The van der Waals surface area contributed by atoms with Gasteiger partial charge in [0.15, 0.2) is 0 Å². The molecule has 0 radical (unpaired) electrons. The summed E-state index contributed by atoms with van der Waals surface area (Å²) in [5.41, 5.74) is 6.06. The highest BCUT2D eigenvalue weighted by Gasteiger charge is 2.42. The van der Waals surface area contributed by atoms with Crippen LogP contribution < -0.4 is 5.73 Å². The Balaban J connectivity index is 1.64. The number of hydrogen-bond donors (Lipinski definition) is 1. The quantitative estimate of drug-likeness (QED) is 0.857. The fourth-order valence-electron chi connectivity index (χ4n) is 4.54. The fourth-order valence-corrected chi connectivity index (χ4v) is 4.54. The Morgan fingerprint density at radius 2 is 1.95 bits per heavy atom. The maximum absolute atomic E-state index is 6.17. The minimum atomic E-state index is 0.103. The molecule has 4 nitrogen and oxygen atoms in total. The summed E-state index contributed by atoms with van der Waals surface area (Å²) in [4.78, 5) is 2.64. The lowest BCUT2D eigenvalue weighted by Gasteiger charge is -2.47. The fraction of sp³-hybridized carbons (Fsp3) is 1.00. The van der Waals surface area contributed by atoms with Crippen molar-refractivity contribution < 1.29 is 9.47 Å². The normalized spacial score (nSPS) is 37.6. The summed E-state index contributed by atoms with van der Waals surface area (Å²) in [5, 5.41) is 0. The van der Waals surface area contributed by atoms with Gasteiger partial charge in [0.2, 0.25) is 0 Å². The molecule has 2 aliphatic heterocycles. The van der Waals surface area contributed by atoms with Gasteiger partial charge in [-0.15, -0.1) is 0 Å². The van der Waals surface area contributed by atoms with E-state index in [4.69, 9.17) is 15.2 Å². The predicted octanol–water partition coefficient (Wildman–Crippen LogP) is 1.77. The van der Waals surface area contributed by atoms with Gasteiger partial charge in [0.1, 0.15) is 0 Å². The van der Waals surface area contributed by atoms with Gasteiger partial charge >= 0.3 is 0 Å². The second-order valence-electron chi connectivity index (χ2n) is 6.95. The van der Waals surface area contributed by atoms with Crippen LogP contribution in [0.15, 0.2) is 0 Å². The molecule has 2 N–H and O–H groups in total. The number of nitrogens with zero attached hydrogens (tertiary/aromatic N) is 1. The van der Waals surface area contributed by atoms with Gasteiger partial charge < -0.3 is 15.2 Å². The van der Waals surface area contributed by atoms with Crippen LogP contribution in [0.4, 0.5) is 0 Å². The lowest BCUT2D eigenvalue weighted by Crippen LogP contribution is -2.53. The van der Waals surface area contributed by atoms with Crippen LogP contribution in [0.1, 0.15) is 44.9 Å². The first-order valence-electron chi connectivity index (χ1n) is 8.38. The number of rotatable bonds is 3. The number of hydrogen-bond acceptors (Lipinski definition) is 4. The summed E-state index contributed by atoms with van der Waals surface area (Å²) in [6.07, 6.45) is 8.48. The van der Waals surface area contributed by atoms with E-state index < -0.39 is 0 Å². The van der Waals surface area contributed by atoms with Gasteiger partial charge in [0.05, 0.1) is 5.60 Å². The zero-order valence-electron chi connectivity index (χ0n) is 12.9. The summed E-state index contributed by atoms with van der Waals surface area (Å²) >= 11 is 0. The molecular weight excluding hydrogens is 252 g/mol. The Morgan fingerprint density at radius 1 is 1.15 bits per heavy atom. The van der Waals surface area contributed by atoms with Crippen molar-refractivity contribution in [1.29, 1.82) is 0 Å². The van der Waals surface area contributed by atoms with Crippen LogP contribution >= 0.6 is 0 Å². The maximum atomic E-state index is 6.17. The van der Waals surface area contributed by atoms with Crippen LogP contribution in [-0.4, -0.2) is 56.0 Å². The van der Waals surface area contributed by atoms with Crippen molar-refractivity contribution in [2.75, 3.05) is 33.4 Å². The molecule has 20 heavy (non-hydrogen) atoms. The third-order valence-corrected chi connectivity index (χ3v) is 5.89. The molecule has 3 aliphatic rings. The SMILES string of the molecule is CN(C1CCOC2(CCOCC2)C1)C1CCCC1CN. The average Bonchev–Trinajstić information content (AvgIpc) is 2.96. The van der Waals surface area contributed by atoms with E-state index in [1.807, 2.05) is 0 Å². The molecule has 0 aromatic heterocycles. The predicted molar refractivity (Wildman–Crippen MR) is 79.7 cm³/mol. The van der Waals surface area contributed by atoms with E-state index in [0.29, 0.717) is 18.0 Å². The molecule has 3 atom stereocenters. The Morgan fingerprint density at radius 3 is 2.70 bits per heavy atom. The summed E-state index contributed by atoms with van der Waals surface area (Å²) < 4.78 is 11.7. The lowest BCUT2D eigenvalue weighted by atomic mass is 9.83. The molecular formula is C16H30N2O2. The first-order valence-corrected chi connectivity index (χ1v) is 8.38. The lowest BCUT2D eigenvalue weighted by molar-refractivity contribution is -0.152. The standard InChI is InChI=1S/C16H30N2O2/c1-18(15-4-2-3-13(15)12-17)14-5-8-20-16(11-14)6-9-19-10-7-16/h13-15H,2-12,17H2,1H3. The molecule has 1 saturated carbocycles. The summed E-state index contributed by atoms with van der Waals surface area (Å²) in [5.74, 6) is 0.702. The van der Waals surface area contributed by atoms with Gasteiger partial charge in [-0.3, -0.25) is 4.90 Å². The van der Waals surface area contributed by atoms with Crippen molar-refractivity contribution in [3.63, 3.8) is 0 Å². The van der Waals surface area contributed by atoms with Crippen LogP contribution in [0.5, 0.6) is 0 Å². The minimum absolute atomic E-state index is 0.103. The second-order valence-corrected chi connectivity index (χ2v) is 6.95. The molecule has 2 saturated heterocycles. The van der Waals surface area contributed by atoms with Gasteiger partial charge in [-0.2, -0.15) is 0 Å². The van der Waals surface area contributed by atoms with Gasteiger partial charge in [0.25, 0.3) is 0 Å². The molecule has 0 aromatic carbocycles. The van der Waals surface area contributed by atoms with Crippen molar-refractivity contribution in [2.24, 2.45) is 11.7 Å². The van der Waals surface area contributed by atoms with Crippen LogP contribution in [-0.2, 0) is 9.47 Å². The molecule has 0 aromatic rings. The zero-order valence-corrected chi connectivity index (χ0v) is 12.9. The highest BCUT2D eigenvalue weighted by molar-refractivity contribution is 4.95. The molecule has 3 fully saturated rings. The third-order valence-electron chi connectivity index (χ3n) is 5.89.